The van der Waals surface area contributed by atoms with Crippen molar-refractivity contribution in [3.05, 3.63) is 58.7 Å². The Bertz CT molecular complexity index is 978. The molecule has 0 heterocycles. The first-order valence-electron chi connectivity index (χ1n) is 10.9. The number of halogens is 1. The van der Waals surface area contributed by atoms with E-state index in [1.807, 2.05) is 13.8 Å². The van der Waals surface area contributed by atoms with E-state index in [1.165, 1.54) is 0 Å². The lowest BCUT2D eigenvalue weighted by molar-refractivity contribution is 0.0980. The van der Waals surface area contributed by atoms with Crippen LogP contribution >= 0.6 is 11.6 Å². The van der Waals surface area contributed by atoms with Crippen molar-refractivity contribution in [3.8, 4) is 0 Å². The molecule has 0 bridgehead atoms. The molecule has 3 rings (SSSR count). The Balaban J connectivity index is 1.94. The molecule has 2 aromatic rings. The second kappa shape index (κ2) is 10.9. The maximum Gasteiger partial charge on any atom is 0.196 e. The van der Waals surface area contributed by atoms with E-state index in [0.717, 1.165) is 13.1 Å². The SMILES string of the molecule is CCN(CC)C[C@H](O)CNc1ccc(NC[C@@H](O)CCl)c2c1C(=O)c1ccccc1C2=O. The fourth-order valence-corrected chi connectivity index (χ4v) is 3.98. The Labute approximate surface area is 193 Å². The van der Waals surface area contributed by atoms with Crippen LogP contribution in [0.3, 0.4) is 0 Å². The standard InChI is InChI=1S/C24H30ClN3O4/c1-3-28(4-2)14-16(30)13-27-20-10-9-19(26-12-15(29)11-25)21-22(20)24(32)18-8-6-5-7-17(18)23(21)31/h5-10,15-16,26-27,29-30H,3-4,11-14H2,1-2H3/t15-,16+/m0/s1. The quantitative estimate of drug-likeness (QED) is 0.327. The number of aliphatic hydroxyl groups excluding tert-OH is 2. The summed E-state index contributed by atoms with van der Waals surface area (Å²) in [5.74, 6) is -0.461. The molecule has 2 aromatic carbocycles. The third-order valence-corrected chi connectivity index (χ3v) is 6.03. The molecular formula is C24H30ClN3O4. The highest BCUT2D eigenvalue weighted by atomic mass is 35.5. The van der Waals surface area contributed by atoms with E-state index >= 15 is 0 Å². The number of nitrogens with zero attached hydrogens (tertiary/aromatic N) is 1. The van der Waals surface area contributed by atoms with Gasteiger partial charge in [-0.3, -0.25) is 9.59 Å². The van der Waals surface area contributed by atoms with Crippen LogP contribution < -0.4 is 10.6 Å². The third-order valence-electron chi connectivity index (χ3n) is 5.67. The number of fused-ring (bicyclic) bond motifs is 2. The highest BCUT2D eigenvalue weighted by Crippen LogP contribution is 2.36. The van der Waals surface area contributed by atoms with Gasteiger partial charge in [0.1, 0.15) is 0 Å². The minimum atomic E-state index is -0.790. The zero-order valence-corrected chi connectivity index (χ0v) is 19.2. The lowest BCUT2D eigenvalue weighted by atomic mass is 9.82. The van der Waals surface area contributed by atoms with Gasteiger partial charge in [0.15, 0.2) is 11.6 Å². The number of nitrogens with one attached hydrogen (secondary N) is 2. The molecular weight excluding hydrogens is 430 g/mol. The van der Waals surface area contributed by atoms with Crippen molar-refractivity contribution in [2.45, 2.75) is 26.1 Å². The van der Waals surface area contributed by atoms with Gasteiger partial charge in [-0.2, -0.15) is 0 Å². The maximum atomic E-state index is 13.4. The molecule has 4 N–H and O–H groups in total. The summed E-state index contributed by atoms with van der Waals surface area (Å²) in [5, 5.41) is 26.5. The van der Waals surface area contributed by atoms with E-state index in [-0.39, 0.29) is 41.7 Å². The van der Waals surface area contributed by atoms with Crippen LogP contribution in [0.5, 0.6) is 0 Å². The molecule has 0 spiro atoms. The first-order chi connectivity index (χ1) is 15.4. The van der Waals surface area contributed by atoms with Gasteiger partial charge in [-0.25, -0.2) is 0 Å². The molecule has 2 atom stereocenters. The molecule has 0 fully saturated rings. The van der Waals surface area contributed by atoms with Gasteiger partial charge >= 0.3 is 0 Å². The number of alkyl halides is 1. The zero-order valence-electron chi connectivity index (χ0n) is 18.4. The van der Waals surface area contributed by atoms with Gasteiger partial charge in [-0.1, -0.05) is 38.1 Å². The van der Waals surface area contributed by atoms with Crippen molar-refractivity contribution >= 4 is 34.5 Å². The predicted octanol–water partition coefficient (Wildman–Crippen LogP) is 2.59. The highest BCUT2D eigenvalue weighted by Gasteiger charge is 2.34. The van der Waals surface area contributed by atoms with Crippen LogP contribution in [0.25, 0.3) is 0 Å². The number of ketones is 2. The summed E-state index contributed by atoms with van der Waals surface area (Å²) >= 11 is 5.69. The van der Waals surface area contributed by atoms with E-state index in [1.54, 1.807) is 36.4 Å². The van der Waals surface area contributed by atoms with Crippen LogP contribution in [-0.2, 0) is 0 Å². The molecule has 1 aliphatic carbocycles. The molecule has 8 heteroatoms. The summed E-state index contributed by atoms with van der Waals surface area (Å²) < 4.78 is 0. The van der Waals surface area contributed by atoms with Crippen molar-refractivity contribution in [2.24, 2.45) is 0 Å². The predicted molar refractivity (Wildman–Crippen MR) is 127 cm³/mol. The minimum absolute atomic E-state index is 0.0506. The fourth-order valence-electron chi connectivity index (χ4n) is 3.87. The van der Waals surface area contributed by atoms with E-state index < -0.39 is 12.2 Å². The second-order valence-electron chi connectivity index (χ2n) is 7.82. The van der Waals surface area contributed by atoms with Crippen molar-refractivity contribution < 1.29 is 19.8 Å². The number of rotatable bonds is 11. The number of hydrogen-bond acceptors (Lipinski definition) is 7. The summed E-state index contributed by atoms with van der Waals surface area (Å²) in [5.41, 5.74) is 2.20. The summed E-state index contributed by atoms with van der Waals surface area (Å²) in [6.07, 6.45) is -1.43. The van der Waals surface area contributed by atoms with Crippen LogP contribution in [0.15, 0.2) is 36.4 Å². The average molecular weight is 460 g/mol. The highest BCUT2D eigenvalue weighted by molar-refractivity contribution is 6.31. The topological polar surface area (TPSA) is 102 Å². The van der Waals surface area contributed by atoms with Gasteiger partial charge in [0, 0.05) is 42.1 Å². The van der Waals surface area contributed by atoms with Crippen molar-refractivity contribution in [1.29, 1.82) is 0 Å². The van der Waals surface area contributed by atoms with Gasteiger partial charge in [0.05, 0.1) is 29.2 Å². The van der Waals surface area contributed by atoms with Gasteiger partial charge in [0.2, 0.25) is 0 Å². The molecule has 0 aromatic heterocycles. The van der Waals surface area contributed by atoms with Gasteiger partial charge in [0.25, 0.3) is 0 Å². The van der Waals surface area contributed by atoms with Crippen LogP contribution in [0.2, 0.25) is 0 Å². The fraction of sp³-hybridized carbons (Fsp3) is 0.417. The Hall–Kier alpha value is -2.45. The second-order valence-corrected chi connectivity index (χ2v) is 8.13. The number of likely N-dealkylation sites (N-methyl/N-ethyl adjacent to an activating group) is 1. The average Bonchev–Trinajstić information content (AvgIpc) is 2.82. The molecule has 0 unspecified atom stereocenters. The number of carbonyl (C=O) groups excluding carboxylic acids is 2. The summed E-state index contributed by atoms with van der Waals surface area (Å²) in [6, 6.07) is 10.2. The van der Waals surface area contributed by atoms with E-state index in [4.69, 9.17) is 11.6 Å². The Morgan fingerprint density at radius 1 is 0.844 bits per heavy atom. The first-order valence-corrected chi connectivity index (χ1v) is 11.4. The third kappa shape index (κ3) is 5.13. The molecule has 0 amide bonds. The molecule has 0 aliphatic heterocycles. The Morgan fingerprint density at radius 2 is 1.31 bits per heavy atom. The van der Waals surface area contributed by atoms with Crippen molar-refractivity contribution in [3.63, 3.8) is 0 Å². The Kier molecular flexibility index (Phi) is 8.26. The van der Waals surface area contributed by atoms with Crippen molar-refractivity contribution in [2.75, 3.05) is 49.2 Å². The molecule has 0 radical (unpaired) electrons. The van der Waals surface area contributed by atoms with Gasteiger partial charge < -0.3 is 25.7 Å². The van der Waals surface area contributed by atoms with E-state index in [2.05, 4.69) is 15.5 Å². The largest absolute Gasteiger partial charge is 0.390 e. The van der Waals surface area contributed by atoms with Crippen LogP contribution in [-0.4, -0.2) is 77.5 Å². The molecule has 32 heavy (non-hydrogen) atoms. The Morgan fingerprint density at radius 3 is 1.75 bits per heavy atom. The van der Waals surface area contributed by atoms with Gasteiger partial charge in [-0.05, 0) is 25.2 Å². The van der Waals surface area contributed by atoms with Crippen LogP contribution in [0, 0.1) is 0 Å². The van der Waals surface area contributed by atoms with E-state index in [0.29, 0.717) is 29.0 Å². The number of carbonyl (C=O) groups is 2. The zero-order chi connectivity index (χ0) is 23.3. The van der Waals surface area contributed by atoms with E-state index in [9.17, 15) is 19.8 Å². The lowest BCUT2D eigenvalue weighted by Crippen LogP contribution is -2.36. The van der Waals surface area contributed by atoms with Crippen molar-refractivity contribution in [1.82, 2.24) is 4.90 Å². The summed E-state index contributed by atoms with van der Waals surface area (Å²) in [4.78, 5) is 28.8. The number of aliphatic hydroxyl groups is 2. The molecule has 172 valence electrons. The summed E-state index contributed by atoms with van der Waals surface area (Å²) in [6.45, 7) is 6.64. The molecule has 7 nitrogen and oxygen atoms in total. The molecule has 1 aliphatic rings. The van der Waals surface area contributed by atoms with Crippen LogP contribution in [0.1, 0.15) is 45.7 Å². The number of hydrogen-bond donors (Lipinski definition) is 4. The summed E-state index contributed by atoms with van der Waals surface area (Å²) in [7, 11) is 0. The van der Waals surface area contributed by atoms with Gasteiger partial charge in [-0.15, -0.1) is 11.6 Å². The van der Waals surface area contributed by atoms with Crippen LogP contribution in [0.4, 0.5) is 11.4 Å². The first kappa shape index (κ1) is 24.2. The molecule has 0 saturated carbocycles. The molecule has 0 saturated heterocycles. The number of benzene rings is 2. The number of anilines is 2. The maximum absolute atomic E-state index is 13.4. The monoisotopic (exact) mass is 459 g/mol. The normalized spacial score (nSPS) is 14.7. The minimum Gasteiger partial charge on any atom is -0.390 e. The lowest BCUT2D eigenvalue weighted by Gasteiger charge is -2.26. The smallest absolute Gasteiger partial charge is 0.196 e.